The molecule has 4 nitrogen and oxygen atoms in total. The summed E-state index contributed by atoms with van der Waals surface area (Å²) in [5, 5.41) is 1.79. The quantitative estimate of drug-likeness (QED) is 0.417. The summed E-state index contributed by atoms with van der Waals surface area (Å²) in [6.07, 6.45) is 0.707. The van der Waals surface area contributed by atoms with Crippen molar-refractivity contribution in [3.63, 3.8) is 0 Å². The van der Waals surface area contributed by atoms with Gasteiger partial charge in [-0.05, 0) is 35.0 Å². The maximum absolute atomic E-state index is 12.5. The third kappa shape index (κ3) is 2.92. The van der Waals surface area contributed by atoms with Gasteiger partial charge < -0.3 is 9.47 Å². The second-order valence-electron chi connectivity index (χ2n) is 4.94. The van der Waals surface area contributed by atoms with Crippen molar-refractivity contribution in [1.82, 2.24) is 0 Å². The molecule has 0 saturated heterocycles. The van der Waals surface area contributed by atoms with E-state index in [0.717, 1.165) is 10.8 Å². The van der Waals surface area contributed by atoms with Crippen molar-refractivity contribution in [2.45, 2.75) is 0 Å². The maximum atomic E-state index is 12.5. The first-order valence-corrected chi connectivity index (χ1v) is 7.06. The number of hydrogen-bond acceptors (Lipinski definition) is 4. The van der Waals surface area contributed by atoms with Crippen LogP contribution in [0.15, 0.2) is 60.7 Å². The van der Waals surface area contributed by atoms with Gasteiger partial charge in [0.05, 0.1) is 12.7 Å². The first kappa shape index (κ1) is 14.8. The van der Waals surface area contributed by atoms with Crippen LogP contribution in [0.3, 0.4) is 0 Å². The smallest absolute Gasteiger partial charge is 0.344 e. The number of carbonyl (C=O) groups is 2. The molecule has 0 aliphatic carbocycles. The van der Waals surface area contributed by atoms with Crippen LogP contribution < -0.4 is 9.47 Å². The van der Waals surface area contributed by atoms with Gasteiger partial charge >= 0.3 is 5.97 Å². The summed E-state index contributed by atoms with van der Waals surface area (Å²) >= 11 is 0. The van der Waals surface area contributed by atoms with Crippen molar-refractivity contribution in [2.75, 3.05) is 7.11 Å². The molecular formula is C19H14O4. The van der Waals surface area contributed by atoms with Crippen molar-refractivity contribution in [3.05, 3.63) is 71.8 Å². The first-order chi connectivity index (χ1) is 11.2. The molecule has 0 aliphatic heterocycles. The van der Waals surface area contributed by atoms with E-state index in [2.05, 4.69) is 0 Å². The maximum Gasteiger partial charge on any atom is 0.344 e. The molecule has 0 spiro atoms. The zero-order valence-corrected chi connectivity index (χ0v) is 12.5. The minimum atomic E-state index is -0.473. The van der Waals surface area contributed by atoms with E-state index in [1.807, 2.05) is 36.4 Å². The number of fused-ring (bicyclic) bond motifs is 1. The standard InChI is InChI=1S/C19H14O4/c1-22-18-11-13(12-20)9-10-17(18)23-19(21)16-8-4-6-14-5-2-3-7-15(14)16/h2-12H,1H3. The van der Waals surface area contributed by atoms with E-state index < -0.39 is 5.97 Å². The highest BCUT2D eigenvalue weighted by Gasteiger charge is 2.15. The topological polar surface area (TPSA) is 52.6 Å². The summed E-state index contributed by atoms with van der Waals surface area (Å²) in [6.45, 7) is 0. The number of ether oxygens (including phenoxy) is 2. The molecule has 3 aromatic rings. The predicted octanol–water partition coefficient (Wildman–Crippen LogP) is 3.88. The molecule has 0 bridgehead atoms. The van der Waals surface area contributed by atoms with Crippen LogP contribution in [0, 0.1) is 0 Å². The van der Waals surface area contributed by atoms with Gasteiger partial charge in [0.2, 0.25) is 0 Å². The number of carbonyl (C=O) groups excluding carboxylic acids is 2. The molecule has 0 atom stereocenters. The molecule has 23 heavy (non-hydrogen) atoms. The third-order valence-electron chi connectivity index (χ3n) is 3.54. The zero-order chi connectivity index (χ0) is 16.2. The zero-order valence-electron chi connectivity index (χ0n) is 12.5. The van der Waals surface area contributed by atoms with Gasteiger partial charge in [-0.3, -0.25) is 4.79 Å². The van der Waals surface area contributed by atoms with E-state index in [-0.39, 0.29) is 5.75 Å². The van der Waals surface area contributed by atoms with Gasteiger partial charge in [0.15, 0.2) is 11.5 Å². The van der Waals surface area contributed by atoms with Gasteiger partial charge in [-0.2, -0.15) is 0 Å². The number of methoxy groups -OCH3 is 1. The van der Waals surface area contributed by atoms with E-state index in [1.165, 1.54) is 13.2 Å². The minimum absolute atomic E-state index is 0.274. The van der Waals surface area contributed by atoms with Crippen LogP contribution in [-0.4, -0.2) is 19.4 Å². The molecule has 4 heteroatoms. The molecule has 0 amide bonds. The summed E-state index contributed by atoms with van der Waals surface area (Å²) < 4.78 is 10.6. The van der Waals surface area contributed by atoms with Crippen molar-refractivity contribution < 1.29 is 19.1 Å². The average Bonchev–Trinajstić information content (AvgIpc) is 2.61. The van der Waals surface area contributed by atoms with Crippen LogP contribution in [-0.2, 0) is 0 Å². The fourth-order valence-electron chi connectivity index (χ4n) is 2.40. The minimum Gasteiger partial charge on any atom is -0.493 e. The van der Waals surface area contributed by atoms with Gasteiger partial charge in [0, 0.05) is 5.56 Å². The summed E-state index contributed by atoms with van der Waals surface area (Å²) in [6, 6.07) is 17.7. The normalized spacial score (nSPS) is 10.3. The first-order valence-electron chi connectivity index (χ1n) is 7.06. The van der Waals surface area contributed by atoms with Crippen LogP contribution >= 0.6 is 0 Å². The molecule has 0 heterocycles. The van der Waals surface area contributed by atoms with Gasteiger partial charge in [-0.15, -0.1) is 0 Å². The van der Waals surface area contributed by atoms with Crippen molar-refractivity contribution >= 4 is 23.0 Å². The molecule has 0 radical (unpaired) electrons. The summed E-state index contributed by atoms with van der Waals surface area (Å²) in [5.74, 6) is 0.137. The highest BCUT2D eigenvalue weighted by atomic mass is 16.6. The third-order valence-corrected chi connectivity index (χ3v) is 3.54. The molecule has 0 saturated carbocycles. The molecule has 114 valence electrons. The molecule has 0 N–H and O–H groups in total. The van der Waals surface area contributed by atoms with Crippen molar-refractivity contribution in [1.29, 1.82) is 0 Å². The predicted molar refractivity (Wildman–Crippen MR) is 87.3 cm³/mol. The van der Waals surface area contributed by atoms with Crippen molar-refractivity contribution in [3.8, 4) is 11.5 Å². The van der Waals surface area contributed by atoms with Gasteiger partial charge in [-0.25, -0.2) is 4.79 Å². The molecule has 3 aromatic carbocycles. The largest absolute Gasteiger partial charge is 0.493 e. The number of hydrogen-bond donors (Lipinski definition) is 0. The molecule has 0 aromatic heterocycles. The highest BCUT2D eigenvalue weighted by Crippen LogP contribution is 2.29. The van der Waals surface area contributed by atoms with Crippen LogP contribution in [0.1, 0.15) is 20.7 Å². The van der Waals surface area contributed by atoms with E-state index in [1.54, 1.807) is 18.2 Å². The van der Waals surface area contributed by atoms with E-state index in [4.69, 9.17) is 9.47 Å². The summed E-state index contributed by atoms with van der Waals surface area (Å²) in [4.78, 5) is 23.3. The number of benzene rings is 3. The lowest BCUT2D eigenvalue weighted by molar-refractivity contribution is 0.0732. The molecule has 0 aliphatic rings. The lowest BCUT2D eigenvalue weighted by atomic mass is 10.0. The Morgan fingerprint density at radius 1 is 0.957 bits per heavy atom. The lowest BCUT2D eigenvalue weighted by Gasteiger charge is -2.11. The second-order valence-corrected chi connectivity index (χ2v) is 4.94. The van der Waals surface area contributed by atoms with Gasteiger partial charge in [0.25, 0.3) is 0 Å². The Morgan fingerprint density at radius 3 is 2.52 bits per heavy atom. The number of esters is 1. The van der Waals surface area contributed by atoms with E-state index in [0.29, 0.717) is 23.2 Å². The fourth-order valence-corrected chi connectivity index (χ4v) is 2.40. The van der Waals surface area contributed by atoms with E-state index in [9.17, 15) is 9.59 Å². The molecular weight excluding hydrogens is 292 g/mol. The number of rotatable bonds is 4. The average molecular weight is 306 g/mol. The molecule has 0 fully saturated rings. The SMILES string of the molecule is COc1cc(C=O)ccc1OC(=O)c1cccc2ccccc12. The number of aldehydes is 1. The molecule has 3 rings (SSSR count). The van der Waals surface area contributed by atoms with Gasteiger partial charge in [0.1, 0.15) is 6.29 Å². The van der Waals surface area contributed by atoms with Crippen LogP contribution in [0.4, 0.5) is 0 Å². The Morgan fingerprint density at radius 2 is 1.74 bits per heavy atom. The molecule has 0 unspecified atom stereocenters. The lowest BCUT2D eigenvalue weighted by Crippen LogP contribution is -2.10. The van der Waals surface area contributed by atoms with Crippen LogP contribution in [0.25, 0.3) is 10.8 Å². The van der Waals surface area contributed by atoms with Crippen molar-refractivity contribution in [2.24, 2.45) is 0 Å². The van der Waals surface area contributed by atoms with E-state index >= 15 is 0 Å². The Hall–Kier alpha value is -3.14. The van der Waals surface area contributed by atoms with Gasteiger partial charge in [-0.1, -0.05) is 36.4 Å². The Balaban J connectivity index is 1.97. The highest BCUT2D eigenvalue weighted by molar-refractivity contribution is 6.05. The summed E-state index contributed by atoms with van der Waals surface area (Å²) in [5.41, 5.74) is 0.927. The van der Waals surface area contributed by atoms with Crippen LogP contribution in [0.2, 0.25) is 0 Å². The van der Waals surface area contributed by atoms with Crippen LogP contribution in [0.5, 0.6) is 11.5 Å². The fraction of sp³-hybridized carbons (Fsp3) is 0.0526. The summed E-state index contributed by atoms with van der Waals surface area (Å²) in [7, 11) is 1.46. The Bertz CT molecular complexity index is 878. The monoisotopic (exact) mass is 306 g/mol. The Labute approximate surface area is 133 Å². The Kier molecular flexibility index (Phi) is 4.06. The second kappa shape index (κ2) is 6.32.